The molecule has 1 aliphatic heterocycles. The number of carbonyl (C=O) groups excluding carboxylic acids is 2. The molecule has 8 heteroatoms. The standard InChI is InChI=1S/C12H18N4O4/c1-9-11(12(18)20-7-6-19-2)13-14-16(9)8-10(17)15-4-3-5-15/h3-8H2,1-2H3. The van der Waals surface area contributed by atoms with E-state index in [0.717, 1.165) is 19.5 Å². The van der Waals surface area contributed by atoms with Gasteiger partial charge in [0, 0.05) is 20.2 Å². The fourth-order valence-corrected chi connectivity index (χ4v) is 1.78. The molecule has 110 valence electrons. The summed E-state index contributed by atoms with van der Waals surface area (Å²) in [5.41, 5.74) is 0.666. The molecule has 0 unspecified atom stereocenters. The number of aromatic nitrogens is 3. The highest BCUT2D eigenvalue weighted by atomic mass is 16.6. The molecule has 0 aromatic carbocycles. The Balaban J connectivity index is 1.95. The van der Waals surface area contributed by atoms with Crippen LogP contribution < -0.4 is 0 Å². The van der Waals surface area contributed by atoms with Crippen molar-refractivity contribution in [3.05, 3.63) is 11.4 Å². The smallest absolute Gasteiger partial charge is 0.360 e. The Morgan fingerprint density at radius 3 is 2.65 bits per heavy atom. The van der Waals surface area contributed by atoms with Gasteiger partial charge in [-0.2, -0.15) is 0 Å². The van der Waals surface area contributed by atoms with Crippen molar-refractivity contribution in [2.24, 2.45) is 0 Å². The summed E-state index contributed by atoms with van der Waals surface area (Å²) in [5.74, 6) is -0.564. The summed E-state index contributed by atoms with van der Waals surface area (Å²) in [7, 11) is 1.52. The number of likely N-dealkylation sites (tertiary alicyclic amines) is 1. The van der Waals surface area contributed by atoms with Gasteiger partial charge in [0.25, 0.3) is 0 Å². The number of esters is 1. The van der Waals surface area contributed by atoms with Gasteiger partial charge in [-0.25, -0.2) is 9.48 Å². The fraction of sp³-hybridized carbons (Fsp3) is 0.667. The van der Waals surface area contributed by atoms with Gasteiger partial charge in [-0.15, -0.1) is 5.10 Å². The zero-order valence-electron chi connectivity index (χ0n) is 11.7. The van der Waals surface area contributed by atoms with Crippen LogP contribution in [0.1, 0.15) is 22.6 Å². The maximum absolute atomic E-state index is 11.8. The molecule has 20 heavy (non-hydrogen) atoms. The van der Waals surface area contributed by atoms with Crippen molar-refractivity contribution >= 4 is 11.9 Å². The molecule has 1 aromatic rings. The first kappa shape index (κ1) is 14.4. The molecule has 2 rings (SSSR count). The van der Waals surface area contributed by atoms with Crippen molar-refractivity contribution in [1.29, 1.82) is 0 Å². The van der Waals surface area contributed by atoms with Crippen LogP contribution in [-0.4, -0.2) is 65.2 Å². The van der Waals surface area contributed by atoms with Crippen LogP contribution >= 0.6 is 0 Å². The summed E-state index contributed by atoms with van der Waals surface area (Å²) in [6.45, 7) is 3.86. The second-order valence-electron chi connectivity index (χ2n) is 4.54. The maximum atomic E-state index is 11.8. The van der Waals surface area contributed by atoms with Gasteiger partial charge >= 0.3 is 5.97 Å². The lowest BCUT2D eigenvalue weighted by molar-refractivity contribution is -0.135. The van der Waals surface area contributed by atoms with E-state index in [1.54, 1.807) is 11.8 Å². The van der Waals surface area contributed by atoms with Gasteiger partial charge in [-0.3, -0.25) is 4.79 Å². The van der Waals surface area contributed by atoms with Crippen molar-refractivity contribution in [3.8, 4) is 0 Å². The van der Waals surface area contributed by atoms with Crippen LogP contribution in [0.25, 0.3) is 0 Å². The zero-order chi connectivity index (χ0) is 14.5. The summed E-state index contributed by atoms with van der Waals surface area (Å²) < 4.78 is 11.2. The van der Waals surface area contributed by atoms with E-state index in [2.05, 4.69) is 10.3 Å². The van der Waals surface area contributed by atoms with Crippen LogP contribution in [0.3, 0.4) is 0 Å². The number of hydrogen-bond acceptors (Lipinski definition) is 6. The van der Waals surface area contributed by atoms with E-state index in [1.165, 1.54) is 11.8 Å². The van der Waals surface area contributed by atoms with Crippen LogP contribution in [0.2, 0.25) is 0 Å². The Labute approximate surface area is 116 Å². The predicted octanol–water partition coefficient (Wildman–Crippen LogP) is -0.378. The molecule has 0 radical (unpaired) electrons. The SMILES string of the molecule is COCCOC(=O)c1nnn(CC(=O)N2CCC2)c1C. The summed E-state index contributed by atoms with van der Waals surface area (Å²) >= 11 is 0. The molecule has 1 amide bonds. The van der Waals surface area contributed by atoms with Gasteiger partial charge in [0.2, 0.25) is 5.91 Å². The summed E-state index contributed by atoms with van der Waals surface area (Å²) in [4.78, 5) is 25.3. The monoisotopic (exact) mass is 282 g/mol. The highest BCUT2D eigenvalue weighted by Gasteiger charge is 2.23. The first-order valence-corrected chi connectivity index (χ1v) is 6.47. The molecule has 0 atom stereocenters. The molecule has 1 aromatic heterocycles. The largest absolute Gasteiger partial charge is 0.458 e. The van der Waals surface area contributed by atoms with Gasteiger partial charge in [0.1, 0.15) is 13.2 Å². The van der Waals surface area contributed by atoms with E-state index in [-0.39, 0.29) is 24.8 Å². The lowest BCUT2D eigenvalue weighted by Crippen LogP contribution is -2.43. The number of rotatable bonds is 6. The minimum absolute atomic E-state index is 0.0106. The minimum Gasteiger partial charge on any atom is -0.458 e. The number of hydrogen-bond donors (Lipinski definition) is 0. The number of methoxy groups -OCH3 is 1. The van der Waals surface area contributed by atoms with Crippen LogP contribution in [0, 0.1) is 6.92 Å². The number of amides is 1. The van der Waals surface area contributed by atoms with Crippen LogP contribution in [0.15, 0.2) is 0 Å². The van der Waals surface area contributed by atoms with Gasteiger partial charge in [0.05, 0.1) is 12.3 Å². The second-order valence-corrected chi connectivity index (χ2v) is 4.54. The van der Waals surface area contributed by atoms with Gasteiger partial charge < -0.3 is 14.4 Å². The van der Waals surface area contributed by atoms with Crippen LogP contribution in [0.4, 0.5) is 0 Å². The Kier molecular flexibility index (Phi) is 4.67. The van der Waals surface area contributed by atoms with Crippen molar-refractivity contribution in [3.63, 3.8) is 0 Å². The quantitative estimate of drug-likeness (QED) is 0.522. The average Bonchev–Trinajstić information content (AvgIpc) is 2.69. The molecule has 2 heterocycles. The third kappa shape index (κ3) is 3.13. The highest BCUT2D eigenvalue weighted by molar-refractivity contribution is 5.88. The molecule has 1 aliphatic rings. The lowest BCUT2D eigenvalue weighted by Gasteiger charge is -2.30. The molecule has 0 aliphatic carbocycles. The molecule has 0 N–H and O–H groups in total. The van der Waals surface area contributed by atoms with Gasteiger partial charge in [0.15, 0.2) is 5.69 Å². The molecule has 0 spiro atoms. The molecule has 1 fully saturated rings. The predicted molar refractivity (Wildman–Crippen MR) is 68.1 cm³/mol. The third-order valence-corrected chi connectivity index (χ3v) is 3.19. The summed E-state index contributed by atoms with van der Waals surface area (Å²) in [6, 6.07) is 0. The maximum Gasteiger partial charge on any atom is 0.360 e. The zero-order valence-corrected chi connectivity index (χ0v) is 11.7. The van der Waals surface area contributed by atoms with E-state index in [9.17, 15) is 9.59 Å². The summed E-state index contributed by atoms with van der Waals surface area (Å²) in [5, 5.41) is 7.61. The number of nitrogens with zero attached hydrogens (tertiary/aromatic N) is 4. The van der Waals surface area contributed by atoms with Crippen LogP contribution in [0.5, 0.6) is 0 Å². The van der Waals surface area contributed by atoms with Crippen molar-refractivity contribution in [2.45, 2.75) is 19.9 Å². The Bertz CT molecular complexity index is 496. The topological polar surface area (TPSA) is 86.5 Å². The summed E-state index contributed by atoms with van der Waals surface area (Å²) in [6.07, 6.45) is 1.04. The van der Waals surface area contributed by atoms with Crippen LogP contribution in [-0.2, 0) is 20.8 Å². The molecule has 0 bridgehead atoms. The molecule has 8 nitrogen and oxygen atoms in total. The van der Waals surface area contributed by atoms with Gasteiger partial charge in [-0.1, -0.05) is 5.21 Å². The lowest BCUT2D eigenvalue weighted by atomic mass is 10.2. The Morgan fingerprint density at radius 1 is 1.30 bits per heavy atom. The van der Waals surface area contributed by atoms with Crippen molar-refractivity contribution in [2.75, 3.05) is 33.4 Å². The van der Waals surface area contributed by atoms with Crippen molar-refractivity contribution in [1.82, 2.24) is 19.9 Å². The van der Waals surface area contributed by atoms with E-state index < -0.39 is 5.97 Å². The normalized spacial score (nSPS) is 14.0. The second kappa shape index (κ2) is 6.47. The molecule has 0 saturated carbocycles. The third-order valence-electron chi connectivity index (χ3n) is 3.19. The van der Waals surface area contributed by atoms with E-state index in [4.69, 9.17) is 9.47 Å². The highest BCUT2D eigenvalue weighted by Crippen LogP contribution is 2.09. The Hall–Kier alpha value is -1.96. The minimum atomic E-state index is -0.554. The average molecular weight is 282 g/mol. The van der Waals surface area contributed by atoms with Gasteiger partial charge in [-0.05, 0) is 13.3 Å². The van der Waals surface area contributed by atoms with E-state index >= 15 is 0 Å². The number of ether oxygens (including phenoxy) is 2. The first-order chi connectivity index (χ1) is 9.63. The molecular formula is C12H18N4O4. The van der Waals surface area contributed by atoms with Crippen molar-refractivity contribution < 1.29 is 19.1 Å². The Morgan fingerprint density at radius 2 is 2.05 bits per heavy atom. The molecule has 1 saturated heterocycles. The van der Waals surface area contributed by atoms with E-state index in [0.29, 0.717) is 12.3 Å². The fourth-order valence-electron chi connectivity index (χ4n) is 1.78. The molecular weight excluding hydrogens is 264 g/mol. The first-order valence-electron chi connectivity index (χ1n) is 6.47. The van der Waals surface area contributed by atoms with E-state index in [1.807, 2.05) is 0 Å². The number of carbonyl (C=O) groups is 2.